The Bertz CT molecular complexity index is 618. The summed E-state index contributed by atoms with van der Waals surface area (Å²) >= 11 is 0. The third-order valence-corrected chi connectivity index (χ3v) is 2.69. The van der Waals surface area contributed by atoms with Gasteiger partial charge in [0, 0.05) is 6.42 Å². The Morgan fingerprint density at radius 1 is 1.05 bits per heavy atom. The van der Waals surface area contributed by atoms with Crippen molar-refractivity contribution in [2.75, 3.05) is 7.11 Å². The number of hydrogen-bond acceptors (Lipinski definition) is 2. The van der Waals surface area contributed by atoms with Gasteiger partial charge in [0.05, 0.1) is 12.7 Å². The molecule has 0 radical (unpaired) electrons. The molecule has 0 aliphatic rings. The lowest BCUT2D eigenvalue weighted by Gasteiger charge is -2.02. The van der Waals surface area contributed by atoms with Crippen LogP contribution in [-0.4, -0.2) is 12.9 Å². The molecule has 0 unspecified atom stereocenters. The Morgan fingerprint density at radius 2 is 1.74 bits per heavy atom. The standard InChI is InChI=1S/C17H14O2/c1-19-17-13-6-5-11-15(17)16(18)12-7-10-14-8-3-2-4-9-14/h2-6,8-9,11,13H,10H2,1H3. The van der Waals surface area contributed by atoms with Crippen LogP contribution in [0.1, 0.15) is 15.9 Å². The SMILES string of the molecule is COc1ccccc1C(=O)C#CCc1ccccc1. The van der Waals surface area contributed by atoms with Gasteiger partial charge in [-0.05, 0) is 23.6 Å². The summed E-state index contributed by atoms with van der Waals surface area (Å²) in [4.78, 5) is 12.0. The van der Waals surface area contributed by atoms with E-state index in [2.05, 4.69) is 11.8 Å². The topological polar surface area (TPSA) is 26.3 Å². The van der Waals surface area contributed by atoms with Gasteiger partial charge < -0.3 is 4.74 Å². The molecule has 0 atom stereocenters. The van der Waals surface area contributed by atoms with E-state index in [1.165, 1.54) is 0 Å². The molecule has 0 amide bonds. The normalized spacial score (nSPS) is 9.32. The predicted octanol–water partition coefficient (Wildman–Crippen LogP) is 3.12. The summed E-state index contributed by atoms with van der Waals surface area (Å²) in [5.74, 6) is 5.89. The third kappa shape index (κ3) is 3.46. The van der Waals surface area contributed by atoms with Gasteiger partial charge in [-0.15, -0.1) is 0 Å². The maximum Gasteiger partial charge on any atom is 0.239 e. The molecular weight excluding hydrogens is 236 g/mol. The monoisotopic (exact) mass is 250 g/mol. The molecule has 0 N–H and O–H groups in total. The zero-order valence-corrected chi connectivity index (χ0v) is 10.7. The minimum atomic E-state index is -0.214. The van der Waals surface area contributed by atoms with Crippen LogP contribution in [0.5, 0.6) is 5.75 Å². The summed E-state index contributed by atoms with van der Waals surface area (Å²) in [5.41, 5.74) is 1.60. The number of ether oxygens (including phenoxy) is 1. The van der Waals surface area contributed by atoms with Gasteiger partial charge in [-0.25, -0.2) is 0 Å². The van der Waals surface area contributed by atoms with E-state index in [1.54, 1.807) is 25.3 Å². The molecule has 0 aliphatic heterocycles. The third-order valence-electron chi connectivity index (χ3n) is 2.69. The van der Waals surface area contributed by atoms with Gasteiger partial charge in [0.15, 0.2) is 0 Å². The molecule has 2 heteroatoms. The van der Waals surface area contributed by atoms with Gasteiger partial charge >= 0.3 is 0 Å². The second-order valence-electron chi connectivity index (χ2n) is 3.99. The van der Waals surface area contributed by atoms with Gasteiger partial charge in [0.2, 0.25) is 5.78 Å². The van der Waals surface area contributed by atoms with Gasteiger partial charge in [0.25, 0.3) is 0 Å². The highest BCUT2D eigenvalue weighted by Crippen LogP contribution is 2.17. The van der Waals surface area contributed by atoms with Crippen LogP contribution in [0.4, 0.5) is 0 Å². The molecule has 0 aliphatic carbocycles. The molecule has 0 aromatic heterocycles. The average Bonchev–Trinajstić information content (AvgIpc) is 2.48. The van der Waals surface area contributed by atoms with Crippen molar-refractivity contribution in [3.05, 3.63) is 65.7 Å². The quantitative estimate of drug-likeness (QED) is 0.475. The Kier molecular flexibility index (Phi) is 4.36. The van der Waals surface area contributed by atoms with Crippen LogP contribution in [0.15, 0.2) is 54.6 Å². The fourth-order valence-electron chi connectivity index (χ4n) is 1.72. The predicted molar refractivity (Wildman–Crippen MR) is 75.2 cm³/mol. The number of rotatable bonds is 3. The van der Waals surface area contributed by atoms with Crippen molar-refractivity contribution in [1.82, 2.24) is 0 Å². The zero-order valence-electron chi connectivity index (χ0n) is 10.7. The highest BCUT2D eigenvalue weighted by molar-refractivity contribution is 6.10. The van der Waals surface area contributed by atoms with Crippen LogP contribution in [0.25, 0.3) is 0 Å². The van der Waals surface area contributed by atoms with Gasteiger partial charge in [-0.2, -0.15) is 0 Å². The molecular formula is C17H14O2. The number of benzene rings is 2. The van der Waals surface area contributed by atoms with Crippen molar-refractivity contribution < 1.29 is 9.53 Å². The van der Waals surface area contributed by atoms with E-state index in [0.29, 0.717) is 17.7 Å². The summed E-state index contributed by atoms with van der Waals surface area (Å²) in [7, 11) is 1.55. The summed E-state index contributed by atoms with van der Waals surface area (Å²) in [5, 5.41) is 0. The Morgan fingerprint density at radius 3 is 2.47 bits per heavy atom. The maximum atomic E-state index is 12.0. The van der Waals surface area contributed by atoms with E-state index >= 15 is 0 Å². The van der Waals surface area contributed by atoms with Crippen molar-refractivity contribution in [3.8, 4) is 17.6 Å². The highest BCUT2D eigenvalue weighted by atomic mass is 16.5. The minimum absolute atomic E-state index is 0.214. The van der Waals surface area contributed by atoms with E-state index in [4.69, 9.17) is 4.74 Å². The van der Waals surface area contributed by atoms with Crippen molar-refractivity contribution in [3.63, 3.8) is 0 Å². The summed E-state index contributed by atoms with van der Waals surface area (Å²) in [6.07, 6.45) is 0.571. The van der Waals surface area contributed by atoms with Crippen molar-refractivity contribution in [2.24, 2.45) is 0 Å². The molecule has 94 valence electrons. The maximum absolute atomic E-state index is 12.0. The summed E-state index contributed by atoms with van der Waals surface area (Å²) in [6, 6.07) is 17.0. The van der Waals surface area contributed by atoms with Crippen molar-refractivity contribution >= 4 is 5.78 Å². The zero-order chi connectivity index (χ0) is 13.5. The first-order chi connectivity index (χ1) is 9.31. The van der Waals surface area contributed by atoms with Gasteiger partial charge in [-0.1, -0.05) is 48.4 Å². The first-order valence-corrected chi connectivity index (χ1v) is 6.01. The van der Waals surface area contributed by atoms with Gasteiger partial charge in [-0.3, -0.25) is 4.79 Å². The Hall–Kier alpha value is -2.53. The van der Waals surface area contributed by atoms with E-state index < -0.39 is 0 Å². The van der Waals surface area contributed by atoms with Crippen LogP contribution in [0.2, 0.25) is 0 Å². The number of carbonyl (C=O) groups excluding carboxylic acids is 1. The fraction of sp³-hybridized carbons (Fsp3) is 0.118. The summed E-state index contributed by atoms with van der Waals surface area (Å²) in [6.45, 7) is 0. The second-order valence-corrected chi connectivity index (χ2v) is 3.99. The summed E-state index contributed by atoms with van der Waals surface area (Å²) < 4.78 is 5.14. The van der Waals surface area contributed by atoms with E-state index in [9.17, 15) is 4.79 Å². The molecule has 0 bridgehead atoms. The molecule has 0 fully saturated rings. The molecule has 2 nitrogen and oxygen atoms in total. The fourth-order valence-corrected chi connectivity index (χ4v) is 1.72. The lowest BCUT2D eigenvalue weighted by molar-refractivity contribution is 0.105. The second kappa shape index (κ2) is 6.42. The van der Waals surface area contributed by atoms with Crippen LogP contribution in [0.3, 0.4) is 0 Å². The Labute approximate surface area is 113 Å². The molecule has 19 heavy (non-hydrogen) atoms. The lowest BCUT2D eigenvalue weighted by Crippen LogP contribution is -1.99. The van der Waals surface area contributed by atoms with Crippen LogP contribution < -0.4 is 4.74 Å². The van der Waals surface area contributed by atoms with E-state index in [-0.39, 0.29) is 5.78 Å². The van der Waals surface area contributed by atoms with Crippen molar-refractivity contribution in [2.45, 2.75) is 6.42 Å². The smallest absolute Gasteiger partial charge is 0.239 e. The minimum Gasteiger partial charge on any atom is -0.496 e. The number of hydrogen-bond donors (Lipinski definition) is 0. The van der Waals surface area contributed by atoms with Crippen LogP contribution >= 0.6 is 0 Å². The van der Waals surface area contributed by atoms with Gasteiger partial charge in [0.1, 0.15) is 5.75 Å². The molecule has 2 rings (SSSR count). The molecule has 0 saturated carbocycles. The first-order valence-electron chi connectivity index (χ1n) is 6.01. The van der Waals surface area contributed by atoms with E-state index in [1.807, 2.05) is 36.4 Å². The Balaban J connectivity index is 2.10. The molecule has 0 spiro atoms. The molecule has 2 aromatic carbocycles. The molecule has 2 aromatic rings. The van der Waals surface area contributed by atoms with Crippen LogP contribution in [0, 0.1) is 11.8 Å². The highest BCUT2D eigenvalue weighted by Gasteiger charge is 2.07. The number of para-hydroxylation sites is 1. The largest absolute Gasteiger partial charge is 0.496 e. The first kappa shape index (κ1) is 12.9. The number of carbonyl (C=O) groups is 1. The average molecular weight is 250 g/mol. The van der Waals surface area contributed by atoms with Crippen molar-refractivity contribution in [1.29, 1.82) is 0 Å². The number of ketones is 1. The molecule has 0 heterocycles. The molecule has 0 saturated heterocycles. The van der Waals surface area contributed by atoms with E-state index in [0.717, 1.165) is 5.56 Å². The van der Waals surface area contributed by atoms with Crippen LogP contribution in [-0.2, 0) is 6.42 Å². The number of Topliss-reactive ketones (excluding diaryl/α,β-unsaturated/α-hetero) is 1. The lowest BCUT2D eigenvalue weighted by atomic mass is 10.1. The number of methoxy groups -OCH3 is 1.